The predicted octanol–water partition coefficient (Wildman–Crippen LogP) is 4.72. The Kier molecular flexibility index (Phi) is 5.78. The maximum absolute atomic E-state index is 12.1. The number of nitro groups is 1. The highest BCUT2D eigenvalue weighted by Crippen LogP contribution is 2.29. The number of carbonyl (C=O) groups is 1. The third-order valence-electron chi connectivity index (χ3n) is 3.07. The molecule has 0 unspecified atom stereocenters. The van der Waals surface area contributed by atoms with E-state index < -0.39 is 4.92 Å². The van der Waals surface area contributed by atoms with Gasteiger partial charge in [0.2, 0.25) is 0 Å². The van der Waals surface area contributed by atoms with Crippen molar-refractivity contribution in [2.24, 2.45) is 0 Å². The van der Waals surface area contributed by atoms with Gasteiger partial charge in [0.25, 0.3) is 5.69 Å². The smallest absolute Gasteiger partial charge is 0.271 e. The van der Waals surface area contributed by atoms with Gasteiger partial charge >= 0.3 is 0 Å². The number of benzene rings is 2. The van der Waals surface area contributed by atoms with Crippen LogP contribution < -0.4 is 10.1 Å². The number of ketones is 1. The zero-order valence-corrected chi connectivity index (χ0v) is 14.0. The molecule has 0 heterocycles. The average molecular weight is 367 g/mol. The third-order valence-corrected chi connectivity index (χ3v) is 3.81. The van der Waals surface area contributed by atoms with Crippen molar-refractivity contribution in [2.45, 2.75) is 0 Å². The summed E-state index contributed by atoms with van der Waals surface area (Å²) in [5.74, 6) is 0.109. The number of hydrogen-bond acceptors (Lipinski definition) is 5. The molecule has 2 aromatic carbocycles. The highest BCUT2D eigenvalue weighted by Gasteiger charge is 2.10. The molecule has 0 aliphatic carbocycles. The van der Waals surface area contributed by atoms with Gasteiger partial charge in [-0.3, -0.25) is 14.9 Å². The van der Waals surface area contributed by atoms with Crippen LogP contribution in [0.5, 0.6) is 5.75 Å². The van der Waals surface area contributed by atoms with E-state index in [9.17, 15) is 14.9 Å². The Morgan fingerprint density at radius 1 is 1.21 bits per heavy atom. The van der Waals surface area contributed by atoms with Gasteiger partial charge in [-0.1, -0.05) is 23.2 Å². The van der Waals surface area contributed by atoms with Crippen LogP contribution in [0, 0.1) is 10.1 Å². The highest BCUT2D eigenvalue weighted by molar-refractivity contribution is 6.42. The van der Waals surface area contributed by atoms with Gasteiger partial charge in [0.05, 0.1) is 27.8 Å². The zero-order chi connectivity index (χ0) is 17.7. The standard InChI is InChI=1S/C16H12Cl2N2O4/c1-24-16-5-3-11(20(22)23)9-14(16)19-7-6-15(21)10-2-4-12(17)13(18)8-10/h2-9,19H,1H3. The Hall–Kier alpha value is -2.57. The van der Waals surface area contributed by atoms with Crippen molar-refractivity contribution in [3.05, 3.63) is 74.4 Å². The van der Waals surface area contributed by atoms with Gasteiger partial charge in [0.1, 0.15) is 5.75 Å². The molecule has 24 heavy (non-hydrogen) atoms. The average Bonchev–Trinajstić information content (AvgIpc) is 2.57. The molecule has 0 aliphatic heterocycles. The molecule has 0 spiro atoms. The molecule has 0 saturated carbocycles. The van der Waals surface area contributed by atoms with E-state index in [1.165, 1.54) is 49.7 Å². The molecule has 124 valence electrons. The van der Waals surface area contributed by atoms with Gasteiger partial charge in [-0.15, -0.1) is 0 Å². The summed E-state index contributed by atoms with van der Waals surface area (Å²) in [5, 5.41) is 14.3. The molecule has 6 nitrogen and oxygen atoms in total. The molecule has 8 heteroatoms. The van der Waals surface area contributed by atoms with Crippen LogP contribution in [0.25, 0.3) is 0 Å². The number of allylic oxidation sites excluding steroid dienone is 1. The second-order valence-electron chi connectivity index (χ2n) is 4.61. The molecule has 2 rings (SSSR count). The summed E-state index contributed by atoms with van der Waals surface area (Å²) in [6, 6.07) is 8.65. The van der Waals surface area contributed by atoms with Gasteiger partial charge in [-0.25, -0.2) is 0 Å². The Balaban J connectivity index is 2.15. The quantitative estimate of drug-likeness (QED) is 0.346. The largest absolute Gasteiger partial charge is 0.495 e. The zero-order valence-electron chi connectivity index (χ0n) is 12.5. The molecule has 0 saturated heterocycles. The molecule has 0 aromatic heterocycles. The van der Waals surface area contributed by atoms with Crippen molar-refractivity contribution < 1.29 is 14.5 Å². The van der Waals surface area contributed by atoms with Crippen molar-refractivity contribution in [1.82, 2.24) is 0 Å². The highest BCUT2D eigenvalue weighted by atomic mass is 35.5. The number of anilines is 1. The van der Waals surface area contributed by atoms with Crippen LogP contribution in [0.4, 0.5) is 11.4 Å². The lowest BCUT2D eigenvalue weighted by atomic mass is 10.1. The number of nitro benzene ring substituents is 1. The summed E-state index contributed by atoms with van der Waals surface area (Å²) in [5.41, 5.74) is 0.640. The number of hydrogen-bond donors (Lipinski definition) is 1. The minimum Gasteiger partial charge on any atom is -0.495 e. The van der Waals surface area contributed by atoms with Crippen molar-refractivity contribution in [1.29, 1.82) is 0 Å². The van der Waals surface area contributed by atoms with Crippen molar-refractivity contribution in [3.8, 4) is 5.75 Å². The third kappa shape index (κ3) is 4.24. The van der Waals surface area contributed by atoms with Crippen molar-refractivity contribution >= 4 is 40.4 Å². The number of rotatable bonds is 6. The first kappa shape index (κ1) is 17.8. The summed E-state index contributed by atoms with van der Waals surface area (Å²) in [6.07, 6.45) is 2.64. The fraction of sp³-hybridized carbons (Fsp3) is 0.0625. The molecule has 0 aliphatic rings. The van der Waals surface area contributed by atoms with Gasteiger partial charge in [-0.2, -0.15) is 0 Å². The van der Waals surface area contributed by atoms with Crippen molar-refractivity contribution in [2.75, 3.05) is 12.4 Å². The summed E-state index contributed by atoms with van der Waals surface area (Å²) in [6.45, 7) is 0. The summed E-state index contributed by atoms with van der Waals surface area (Å²) in [4.78, 5) is 22.4. The number of ether oxygens (including phenoxy) is 1. The summed E-state index contributed by atoms with van der Waals surface area (Å²) >= 11 is 11.7. The fourth-order valence-corrected chi connectivity index (χ4v) is 2.17. The van der Waals surface area contributed by atoms with E-state index in [0.717, 1.165) is 0 Å². The summed E-state index contributed by atoms with van der Waals surface area (Å²) in [7, 11) is 1.44. The van der Waals surface area contributed by atoms with Crippen LogP contribution in [0.1, 0.15) is 10.4 Å². The molecule has 0 radical (unpaired) electrons. The number of halogens is 2. The first-order chi connectivity index (χ1) is 11.4. The molecule has 2 aromatic rings. The van der Waals surface area contributed by atoms with E-state index in [-0.39, 0.29) is 16.5 Å². The van der Waals surface area contributed by atoms with Gasteiger partial charge in [0, 0.05) is 30.0 Å². The van der Waals surface area contributed by atoms with E-state index in [4.69, 9.17) is 27.9 Å². The Bertz CT molecular complexity index is 822. The van der Waals surface area contributed by atoms with Crippen LogP contribution in [0.2, 0.25) is 10.0 Å². The van der Waals surface area contributed by atoms with E-state index in [1.54, 1.807) is 6.07 Å². The van der Waals surface area contributed by atoms with Crippen LogP contribution in [-0.4, -0.2) is 17.8 Å². The van der Waals surface area contributed by atoms with Crippen LogP contribution >= 0.6 is 23.2 Å². The maximum Gasteiger partial charge on any atom is 0.271 e. The summed E-state index contributed by atoms with van der Waals surface area (Å²) < 4.78 is 5.12. The molecule has 0 bridgehead atoms. The normalized spacial score (nSPS) is 10.6. The molecule has 0 amide bonds. The van der Waals surface area contributed by atoms with E-state index in [0.29, 0.717) is 22.0 Å². The topological polar surface area (TPSA) is 81.5 Å². The lowest BCUT2D eigenvalue weighted by molar-refractivity contribution is -0.384. The minimum absolute atomic E-state index is 0.0949. The van der Waals surface area contributed by atoms with Crippen LogP contribution in [0.3, 0.4) is 0 Å². The first-order valence-corrected chi connectivity index (χ1v) is 7.43. The number of nitrogens with zero attached hydrogens (tertiary/aromatic N) is 1. The van der Waals surface area contributed by atoms with E-state index in [2.05, 4.69) is 5.32 Å². The van der Waals surface area contributed by atoms with Gasteiger partial charge in [0.15, 0.2) is 5.78 Å². The lowest BCUT2D eigenvalue weighted by Crippen LogP contribution is -1.98. The Morgan fingerprint density at radius 2 is 1.96 bits per heavy atom. The first-order valence-electron chi connectivity index (χ1n) is 6.67. The number of carbonyl (C=O) groups excluding carboxylic acids is 1. The molecule has 1 N–H and O–H groups in total. The molecule has 0 fully saturated rings. The molecular weight excluding hydrogens is 355 g/mol. The van der Waals surface area contributed by atoms with Crippen molar-refractivity contribution in [3.63, 3.8) is 0 Å². The maximum atomic E-state index is 12.1. The Labute approximate surface area is 147 Å². The van der Waals surface area contributed by atoms with E-state index in [1.807, 2.05) is 0 Å². The monoisotopic (exact) mass is 366 g/mol. The Morgan fingerprint density at radius 3 is 2.58 bits per heavy atom. The van der Waals surface area contributed by atoms with Gasteiger partial charge in [-0.05, 0) is 24.3 Å². The second-order valence-corrected chi connectivity index (χ2v) is 5.43. The lowest BCUT2D eigenvalue weighted by Gasteiger charge is -2.07. The minimum atomic E-state index is -0.519. The van der Waals surface area contributed by atoms with Crippen LogP contribution in [-0.2, 0) is 0 Å². The number of methoxy groups -OCH3 is 1. The second kappa shape index (κ2) is 7.81. The van der Waals surface area contributed by atoms with Crippen LogP contribution in [0.15, 0.2) is 48.7 Å². The fourth-order valence-electron chi connectivity index (χ4n) is 1.88. The predicted molar refractivity (Wildman–Crippen MR) is 93.2 cm³/mol. The molecule has 0 atom stereocenters. The SMILES string of the molecule is COc1ccc([N+](=O)[O-])cc1NC=CC(=O)c1ccc(Cl)c(Cl)c1. The van der Waals surface area contributed by atoms with E-state index >= 15 is 0 Å². The number of non-ortho nitro benzene ring substituents is 1. The van der Waals surface area contributed by atoms with Gasteiger partial charge < -0.3 is 10.1 Å². The number of nitrogens with one attached hydrogen (secondary N) is 1. The molecular formula is C16H12Cl2N2O4.